The quantitative estimate of drug-likeness (QED) is 0.733. The molecule has 0 spiro atoms. The van der Waals surface area contributed by atoms with Gasteiger partial charge in [0.2, 0.25) is 0 Å². The van der Waals surface area contributed by atoms with Crippen molar-refractivity contribution in [3.8, 4) is 0 Å². The van der Waals surface area contributed by atoms with Crippen LogP contribution < -0.4 is 5.32 Å². The summed E-state index contributed by atoms with van der Waals surface area (Å²) >= 11 is 0. The Kier molecular flexibility index (Phi) is 4.48. The summed E-state index contributed by atoms with van der Waals surface area (Å²) < 4.78 is 0. The van der Waals surface area contributed by atoms with Crippen molar-refractivity contribution < 1.29 is 0 Å². The first-order valence-electron chi connectivity index (χ1n) is 7.70. The van der Waals surface area contributed by atoms with E-state index in [1.54, 1.807) is 0 Å². The molecule has 1 saturated heterocycles. The molecule has 2 unspecified atom stereocenters. The first kappa shape index (κ1) is 13.4. The lowest BCUT2D eigenvalue weighted by atomic mass is 9.84. The molecule has 17 heavy (non-hydrogen) atoms. The Morgan fingerprint density at radius 1 is 1.24 bits per heavy atom. The number of nitrogens with zero attached hydrogens (tertiary/aromatic N) is 1. The summed E-state index contributed by atoms with van der Waals surface area (Å²) in [4.78, 5) is 2.76. The number of nitrogens with one attached hydrogen (secondary N) is 1. The molecule has 1 saturated carbocycles. The largest absolute Gasteiger partial charge is 0.312 e. The fraction of sp³-hybridized carbons (Fsp3) is 1.00. The average Bonchev–Trinajstić information content (AvgIpc) is 3.02. The zero-order chi connectivity index (χ0) is 12.3. The van der Waals surface area contributed by atoms with E-state index >= 15 is 0 Å². The van der Waals surface area contributed by atoms with Crippen LogP contribution in [0.15, 0.2) is 0 Å². The maximum Gasteiger partial charge on any atom is 0.0334 e. The van der Waals surface area contributed by atoms with Gasteiger partial charge in [0.25, 0.3) is 0 Å². The molecule has 0 bridgehead atoms. The van der Waals surface area contributed by atoms with Gasteiger partial charge in [-0.1, -0.05) is 13.8 Å². The summed E-state index contributed by atoms with van der Waals surface area (Å²) in [6.07, 6.45) is 8.24. The van der Waals surface area contributed by atoms with E-state index in [-0.39, 0.29) is 0 Å². The minimum absolute atomic E-state index is 0.396. The van der Waals surface area contributed by atoms with E-state index < -0.39 is 0 Å². The van der Waals surface area contributed by atoms with Crippen molar-refractivity contribution in [2.45, 2.75) is 70.9 Å². The molecule has 1 aliphatic carbocycles. The zero-order valence-corrected chi connectivity index (χ0v) is 12.0. The van der Waals surface area contributed by atoms with E-state index in [0.717, 1.165) is 12.0 Å². The lowest BCUT2D eigenvalue weighted by Crippen LogP contribution is -2.59. The van der Waals surface area contributed by atoms with Crippen LogP contribution in [0.1, 0.15) is 59.3 Å². The highest BCUT2D eigenvalue weighted by Crippen LogP contribution is 2.41. The van der Waals surface area contributed by atoms with E-state index in [0.29, 0.717) is 5.54 Å². The fourth-order valence-electron chi connectivity index (χ4n) is 3.49. The fourth-order valence-corrected chi connectivity index (χ4v) is 3.49. The Bertz CT molecular complexity index is 231. The number of hydrogen-bond donors (Lipinski definition) is 1. The highest BCUT2D eigenvalue weighted by atomic mass is 15.2. The van der Waals surface area contributed by atoms with Gasteiger partial charge in [-0.05, 0) is 71.0 Å². The molecule has 100 valence electrons. The number of rotatable bonds is 7. The molecule has 0 aromatic rings. The number of likely N-dealkylation sites (tertiary alicyclic amines) is 1. The molecule has 1 N–H and O–H groups in total. The summed E-state index contributed by atoms with van der Waals surface area (Å²) in [7, 11) is 0. The molecule has 2 rings (SSSR count). The summed E-state index contributed by atoms with van der Waals surface area (Å²) in [5.74, 6) is 0.951. The monoisotopic (exact) mass is 238 g/mol. The van der Waals surface area contributed by atoms with Gasteiger partial charge in [-0.15, -0.1) is 0 Å². The third-order valence-corrected chi connectivity index (χ3v) is 4.92. The molecule has 0 radical (unpaired) electrons. The molecule has 2 nitrogen and oxygen atoms in total. The molecular formula is C15H30N2. The molecule has 1 heterocycles. The van der Waals surface area contributed by atoms with Gasteiger partial charge in [-0.25, -0.2) is 0 Å². The zero-order valence-electron chi connectivity index (χ0n) is 12.0. The maximum atomic E-state index is 3.86. The third kappa shape index (κ3) is 2.85. The Hall–Kier alpha value is -0.0800. The lowest BCUT2D eigenvalue weighted by molar-refractivity contribution is 0.0747. The van der Waals surface area contributed by atoms with E-state index in [1.807, 2.05) is 0 Å². The summed E-state index contributed by atoms with van der Waals surface area (Å²) in [5.41, 5.74) is 0.396. The van der Waals surface area contributed by atoms with Crippen LogP contribution in [0.2, 0.25) is 0 Å². The predicted octanol–water partition coefficient (Wildman–Crippen LogP) is 3.03. The van der Waals surface area contributed by atoms with Gasteiger partial charge in [-0.2, -0.15) is 0 Å². The van der Waals surface area contributed by atoms with Crippen molar-refractivity contribution >= 4 is 0 Å². The Morgan fingerprint density at radius 2 is 1.88 bits per heavy atom. The van der Waals surface area contributed by atoms with Gasteiger partial charge in [0.1, 0.15) is 0 Å². The summed E-state index contributed by atoms with van der Waals surface area (Å²) in [6.45, 7) is 11.0. The standard InChI is InChI=1S/C15H30N2/c1-4-10-16-14(13-8-9-13)15(3,5-2)17-11-6-7-12-17/h13-14,16H,4-12H2,1-3H3. The van der Waals surface area contributed by atoms with Crippen LogP contribution in [-0.2, 0) is 0 Å². The molecule has 1 aliphatic heterocycles. The highest BCUT2D eigenvalue weighted by Gasteiger charge is 2.46. The molecule has 0 amide bonds. The predicted molar refractivity (Wildman–Crippen MR) is 74.3 cm³/mol. The molecule has 0 aromatic carbocycles. The van der Waals surface area contributed by atoms with E-state index in [2.05, 4.69) is 31.0 Å². The average molecular weight is 238 g/mol. The number of hydrogen-bond acceptors (Lipinski definition) is 2. The van der Waals surface area contributed by atoms with Crippen molar-refractivity contribution in [3.05, 3.63) is 0 Å². The van der Waals surface area contributed by atoms with Crippen LogP contribution in [0, 0.1) is 5.92 Å². The minimum atomic E-state index is 0.396. The summed E-state index contributed by atoms with van der Waals surface area (Å²) in [6, 6.07) is 0.727. The molecule has 2 fully saturated rings. The molecular weight excluding hydrogens is 208 g/mol. The molecule has 2 atom stereocenters. The topological polar surface area (TPSA) is 15.3 Å². The van der Waals surface area contributed by atoms with Crippen LogP contribution >= 0.6 is 0 Å². The molecule has 2 heteroatoms. The SMILES string of the molecule is CCCNC(C1CC1)C(C)(CC)N1CCCC1. The molecule has 0 aromatic heterocycles. The van der Waals surface area contributed by atoms with Gasteiger partial charge in [0.15, 0.2) is 0 Å². The second-order valence-corrected chi connectivity index (χ2v) is 6.17. The summed E-state index contributed by atoms with van der Waals surface area (Å²) in [5, 5.41) is 3.86. The smallest absolute Gasteiger partial charge is 0.0334 e. The van der Waals surface area contributed by atoms with Crippen LogP contribution in [0.25, 0.3) is 0 Å². The van der Waals surface area contributed by atoms with Crippen LogP contribution in [0.3, 0.4) is 0 Å². The second kappa shape index (κ2) is 5.71. The van der Waals surface area contributed by atoms with E-state index in [1.165, 1.54) is 58.2 Å². The first-order valence-corrected chi connectivity index (χ1v) is 7.70. The van der Waals surface area contributed by atoms with E-state index in [4.69, 9.17) is 0 Å². The van der Waals surface area contributed by atoms with Gasteiger partial charge >= 0.3 is 0 Å². The highest BCUT2D eigenvalue weighted by molar-refractivity contribution is 5.04. The van der Waals surface area contributed by atoms with Crippen molar-refractivity contribution in [1.29, 1.82) is 0 Å². The van der Waals surface area contributed by atoms with Crippen LogP contribution in [0.5, 0.6) is 0 Å². The Labute approximate surface area is 107 Å². The lowest BCUT2D eigenvalue weighted by Gasteiger charge is -2.45. The van der Waals surface area contributed by atoms with Crippen LogP contribution in [0.4, 0.5) is 0 Å². The van der Waals surface area contributed by atoms with Gasteiger partial charge < -0.3 is 5.32 Å². The van der Waals surface area contributed by atoms with Crippen molar-refractivity contribution in [2.24, 2.45) is 5.92 Å². The van der Waals surface area contributed by atoms with Crippen LogP contribution in [-0.4, -0.2) is 36.1 Å². The second-order valence-electron chi connectivity index (χ2n) is 6.17. The molecule has 2 aliphatic rings. The minimum Gasteiger partial charge on any atom is -0.312 e. The Morgan fingerprint density at radius 3 is 2.35 bits per heavy atom. The van der Waals surface area contributed by atoms with Crippen molar-refractivity contribution in [2.75, 3.05) is 19.6 Å². The van der Waals surface area contributed by atoms with Crippen molar-refractivity contribution in [1.82, 2.24) is 10.2 Å². The van der Waals surface area contributed by atoms with E-state index in [9.17, 15) is 0 Å². The normalized spacial score (nSPS) is 27.0. The maximum absolute atomic E-state index is 3.86. The van der Waals surface area contributed by atoms with Crippen molar-refractivity contribution in [3.63, 3.8) is 0 Å². The third-order valence-electron chi connectivity index (χ3n) is 4.92. The van der Waals surface area contributed by atoms with Gasteiger partial charge in [-0.3, -0.25) is 4.90 Å². The Balaban J connectivity index is 2.05. The van der Waals surface area contributed by atoms with Gasteiger partial charge in [0.05, 0.1) is 0 Å². The van der Waals surface area contributed by atoms with Gasteiger partial charge in [0, 0.05) is 11.6 Å². The first-order chi connectivity index (χ1) is 8.22.